The number of para-hydroxylation sites is 1. The van der Waals surface area contributed by atoms with Gasteiger partial charge in [0.05, 0.1) is 16.8 Å². The average Bonchev–Trinajstić information content (AvgIpc) is 2.34. The van der Waals surface area contributed by atoms with Gasteiger partial charge in [-0.15, -0.1) is 0 Å². The van der Waals surface area contributed by atoms with Crippen LogP contribution in [-0.4, -0.2) is 17.0 Å². The number of aromatic nitrogens is 2. The molecular weight excluding hydrogens is 257 g/mol. The fraction of sp³-hybridized carbons (Fsp3) is 0.333. The van der Waals surface area contributed by atoms with Crippen molar-refractivity contribution in [3.63, 3.8) is 0 Å². The lowest BCUT2D eigenvalue weighted by Gasteiger charge is -2.15. The minimum absolute atomic E-state index is 0.165. The summed E-state index contributed by atoms with van der Waals surface area (Å²) >= 11 is 0. The Kier molecular flexibility index (Phi) is 3.32. The van der Waals surface area contributed by atoms with Crippen LogP contribution in [0.3, 0.4) is 0 Å². The second kappa shape index (κ2) is 4.65. The minimum Gasteiger partial charge on any atom is -0.368 e. The predicted octanol–water partition coefficient (Wildman–Crippen LogP) is 2.51. The number of fused-ring (bicyclic) bond motifs is 1. The Balaban J connectivity index is 2.81. The molecule has 0 aliphatic rings. The molecule has 4 nitrogen and oxygen atoms in total. The van der Waals surface area contributed by atoms with Gasteiger partial charge in [0.1, 0.15) is 0 Å². The zero-order chi connectivity index (χ0) is 14.2. The molecule has 0 aliphatic heterocycles. The number of nitrogens with two attached hydrogens (primary N) is 1. The van der Waals surface area contributed by atoms with E-state index in [9.17, 15) is 13.2 Å². The lowest BCUT2D eigenvalue weighted by molar-refractivity contribution is -0.136. The maximum absolute atomic E-state index is 12.9. The molecule has 0 aliphatic carbocycles. The van der Waals surface area contributed by atoms with Gasteiger partial charge in [-0.05, 0) is 20.0 Å². The highest BCUT2D eigenvalue weighted by Gasteiger charge is 2.33. The monoisotopic (exact) mass is 270 g/mol. The smallest absolute Gasteiger partial charge is 0.368 e. The number of alkyl halides is 3. The number of nitrogen functional groups attached to an aromatic ring is 1. The summed E-state index contributed by atoms with van der Waals surface area (Å²) in [5, 5.41) is 3.28. The lowest BCUT2D eigenvalue weighted by Crippen LogP contribution is -2.17. The number of rotatable bonds is 2. The van der Waals surface area contributed by atoms with Crippen LogP contribution in [0.25, 0.3) is 10.9 Å². The van der Waals surface area contributed by atoms with Gasteiger partial charge in [-0.3, -0.25) is 0 Å². The molecule has 102 valence electrons. The first-order valence-corrected chi connectivity index (χ1v) is 5.65. The molecule has 0 saturated carbocycles. The molecule has 3 N–H and O–H groups in total. The number of anilines is 1. The molecule has 19 heavy (non-hydrogen) atoms. The van der Waals surface area contributed by atoms with Gasteiger partial charge in [-0.2, -0.15) is 13.2 Å². The first-order chi connectivity index (χ1) is 8.84. The summed E-state index contributed by atoms with van der Waals surface area (Å²) in [5.74, 6) is -0.165. The van der Waals surface area contributed by atoms with Crippen molar-refractivity contribution < 1.29 is 13.2 Å². The Bertz CT molecular complexity index is 610. The third-order valence-corrected chi connectivity index (χ3v) is 2.92. The van der Waals surface area contributed by atoms with Crippen molar-refractivity contribution in [3.8, 4) is 0 Å². The molecule has 0 amide bonds. The highest BCUT2D eigenvalue weighted by atomic mass is 19.4. The van der Waals surface area contributed by atoms with E-state index >= 15 is 0 Å². The Labute approximate surface area is 107 Å². The van der Waals surface area contributed by atoms with E-state index < -0.39 is 11.7 Å². The average molecular weight is 270 g/mol. The largest absolute Gasteiger partial charge is 0.418 e. The molecule has 1 aromatic carbocycles. The second-order valence-corrected chi connectivity index (χ2v) is 4.18. The van der Waals surface area contributed by atoms with Crippen molar-refractivity contribution in [1.82, 2.24) is 15.3 Å². The summed E-state index contributed by atoms with van der Waals surface area (Å²) in [4.78, 5) is 7.77. The molecule has 0 bridgehead atoms. The summed E-state index contributed by atoms with van der Waals surface area (Å²) in [6.45, 7) is 1.79. The van der Waals surface area contributed by atoms with Crippen LogP contribution in [0.15, 0.2) is 18.2 Å². The number of benzene rings is 1. The van der Waals surface area contributed by atoms with E-state index in [4.69, 9.17) is 5.73 Å². The maximum atomic E-state index is 12.9. The fourth-order valence-electron chi connectivity index (χ4n) is 1.89. The van der Waals surface area contributed by atoms with E-state index in [-0.39, 0.29) is 17.5 Å². The fourth-order valence-corrected chi connectivity index (χ4v) is 1.89. The molecule has 2 aromatic rings. The number of hydrogen-bond acceptors (Lipinski definition) is 4. The van der Waals surface area contributed by atoms with Crippen molar-refractivity contribution in [1.29, 1.82) is 0 Å². The SMILES string of the molecule is CNC(C)c1nc(N)nc2c(C(F)(F)F)cccc12. The first-order valence-electron chi connectivity index (χ1n) is 5.65. The second-order valence-electron chi connectivity index (χ2n) is 4.18. The molecule has 0 radical (unpaired) electrons. The summed E-state index contributed by atoms with van der Waals surface area (Å²) in [6.07, 6.45) is -4.47. The molecule has 1 aromatic heterocycles. The predicted molar refractivity (Wildman–Crippen MR) is 66.4 cm³/mol. The summed E-state index contributed by atoms with van der Waals surface area (Å²) in [6, 6.07) is 3.67. The van der Waals surface area contributed by atoms with E-state index in [0.29, 0.717) is 11.1 Å². The molecule has 2 rings (SSSR count). The lowest BCUT2D eigenvalue weighted by atomic mass is 10.0. The van der Waals surface area contributed by atoms with Crippen molar-refractivity contribution in [2.75, 3.05) is 12.8 Å². The Morgan fingerprint density at radius 1 is 1.26 bits per heavy atom. The van der Waals surface area contributed by atoms with E-state index in [1.54, 1.807) is 20.0 Å². The van der Waals surface area contributed by atoms with Crippen LogP contribution in [0, 0.1) is 0 Å². The van der Waals surface area contributed by atoms with Crippen LogP contribution in [-0.2, 0) is 6.18 Å². The van der Waals surface area contributed by atoms with Gasteiger partial charge in [-0.25, -0.2) is 9.97 Å². The van der Waals surface area contributed by atoms with Crippen LogP contribution in [0.1, 0.15) is 24.2 Å². The number of nitrogens with one attached hydrogen (secondary N) is 1. The molecule has 1 unspecified atom stereocenters. The summed E-state index contributed by atoms with van der Waals surface area (Å²) in [5.41, 5.74) is 5.00. The van der Waals surface area contributed by atoms with Gasteiger partial charge in [0.2, 0.25) is 5.95 Å². The highest BCUT2D eigenvalue weighted by molar-refractivity contribution is 5.85. The van der Waals surface area contributed by atoms with Gasteiger partial charge in [0.15, 0.2) is 0 Å². The van der Waals surface area contributed by atoms with Crippen LogP contribution in [0.5, 0.6) is 0 Å². The topological polar surface area (TPSA) is 63.8 Å². The first kappa shape index (κ1) is 13.5. The van der Waals surface area contributed by atoms with Gasteiger partial charge >= 0.3 is 6.18 Å². The van der Waals surface area contributed by atoms with Crippen molar-refractivity contribution in [2.45, 2.75) is 19.1 Å². The number of nitrogens with zero attached hydrogens (tertiary/aromatic N) is 2. The summed E-state index contributed by atoms with van der Waals surface area (Å²) < 4.78 is 38.8. The Hall–Kier alpha value is -1.89. The van der Waals surface area contributed by atoms with E-state index in [1.165, 1.54) is 6.07 Å². The van der Waals surface area contributed by atoms with E-state index in [0.717, 1.165) is 6.07 Å². The normalized spacial score (nSPS) is 13.7. The highest BCUT2D eigenvalue weighted by Crippen LogP contribution is 2.35. The van der Waals surface area contributed by atoms with Crippen LogP contribution in [0.2, 0.25) is 0 Å². The van der Waals surface area contributed by atoms with E-state index in [2.05, 4.69) is 15.3 Å². The van der Waals surface area contributed by atoms with Crippen LogP contribution in [0.4, 0.5) is 19.1 Å². The molecule has 0 saturated heterocycles. The van der Waals surface area contributed by atoms with Crippen molar-refractivity contribution >= 4 is 16.9 Å². The van der Waals surface area contributed by atoms with Gasteiger partial charge < -0.3 is 11.1 Å². The molecule has 1 heterocycles. The van der Waals surface area contributed by atoms with Gasteiger partial charge in [-0.1, -0.05) is 12.1 Å². The molecular formula is C12H13F3N4. The standard InChI is InChI=1S/C12H13F3N4/c1-6(17-2)9-7-4-3-5-8(12(13,14)15)10(7)19-11(16)18-9/h3-6,17H,1-2H3,(H2,16,18,19). The minimum atomic E-state index is -4.47. The zero-order valence-corrected chi connectivity index (χ0v) is 10.4. The zero-order valence-electron chi connectivity index (χ0n) is 10.4. The van der Waals surface area contributed by atoms with Crippen LogP contribution >= 0.6 is 0 Å². The Morgan fingerprint density at radius 3 is 2.53 bits per heavy atom. The van der Waals surface area contributed by atoms with E-state index in [1.807, 2.05) is 0 Å². The van der Waals surface area contributed by atoms with Crippen LogP contribution < -0.4 is 11.1 Å². The Morgan fingerprint density at radius 2 is 1.95 bits per heavy atom. The molecule has 0 spiro atoms. The van der Waals surface area contributed by atoms with Gasteiger partial charge in [0.25, 0.3) is 0 Å². The van der Waals surface area contributed by atoms with Crippen molar-refractivity contribution in [3.05, 3.63) is 29.5 Å². The maximum Gasteiger partial charge on any atom is 0.418 e. The van der Waals surface area contributed by atoms with Crippen molar-refractivity contribution in [2.24, 2.45) is 0 Å². The molecule has 0 fully saturated rings. The molecule has 7 heteroatoms. The number of hydrogen-bond donors (Lipinski definition) is 2. The third-order valence-electron chi connectivity index (χ3n) is 2.92. The quantitative estimate of drug-likeness (QED) is 0.880. The number of halogens is 3. The molecule has 1 atom stereocenters. The van der Waals surface area contributed by atoms with Gasteiger partial charge in [0, 0.05) is 11.4 Å². The third kappa shape index (κ3) is 2.46. The summed E-state index contributed by atoms with van der Waals surface area (Å²) in [7, 11) is 1.70.